The second kappa shape index (κ2) is 3.48. The fraction of sp³-hybridized carbons (Fsp3) is 0.0625. The molecule has 0 saturated heterocycles. The number of benzene rings is 2. The topological polar surface area (TPSA) is 43.3 Å². The molecule has 0 radical (unpaired) electrons. The van der Waals surface area contributed by atoms with Crippen molar-refractivity contribution in [1.29, 1.82) is 0 Å². The maximum atomic E-state index is 6.13. The van der Waals surface area contributed by atoms with Crippen LogP contribution in [0, 0.1) is 6.92 Å². The first-order valence-electron chi connectivity index (χ1n) is 6.31. The zero-order valence-corrected chi connectivity index (χ0v) is 10.6. The van der Waals surface area contributed by atoms with Crippen molar-refractivity contribution in [2.24, 2.45) is 0 Å². The summed E-state index contributed by atoms with van der Waals surface area (Å²) in [5.74, 6) is 0. The number of nitrogen functional groups attached to an aromatic ring is 1. The summed E-state index contributed by atoms with van der Waals surface area (Å²) < 4.78 is 2.17. The monoisotopic (exact) mass is 247 g/mol. The van der Waals surface area contributed by atoms with Gasteiger partial charge in [0, 0.05) is 17.1 Å². The smallest absolute Gasteiger partial charge is 0.140 e. The minimum atomic E-state index is 0.774. The number of hydrogen-bond donors (Lipinski definition) is 1. The highest BCUT2D eigenvalue weighted by atomic mass is 15.0. The number of fused-ring (bicyclic) bond motifs is 5. The Morgan fingerprint density at radius 1 is 1.00 bits per heavy atom. The Kier molecular flexibility index (Phi) is 1.90. The van der Waals surface area contributed by atoms with Crippen molar-refractivity contribution < 1.29 is 0 Å². The van der Waals surface area contributed by atoms with Crippen molar-refractivity contribution in [3.63, 3.8) is 0 Å². The van der Waals surface area contributed by atoms with Crippen molar-refractivity contribution in [3.8, 4) is 0 Å². The van der Waals surface area contributed by atoms with E-state index in [1.54, 1.807) is 0 Å². The predicted octanol–water partition coefficient (Wildman–Crippen LogP) is 3.53. The van der Waals surface area contributed by atoms with Crippen LogP contribution in [0.2, 0.25) is 0 Å². The molecule has 3 heteroatoms. The summed E-state index contributed by atoms with van der Waals surface area (Å²) in [7, 11) is 0. The normalized spacial score (nSPS) is 11.6. The van der Waals surface area contributed by atoms with Gasteiger partial charge in [-0.2, -0.15) is 0 Å². The zero-order valence-electron chi connectivity index (χ0n) is 10.6. The fourth-order valence-electron chi connectivity index (χ4n) is 2.74. The minimum absolute atomic E-state index is 0.774. The van der Waals surface area contributed by atoms with Gasteiger partial charge in [0.05, 0.1) is 16.6 Å². The molecule has 0 bridgehead atoms. The molecular weight excluding hydrogens is 234 g/mol. The molecule has 0 unspecified atom stereocenters. The van der Waals surface area contributed by atoms with E-state index in [1.165, 1.54) is 5.56 Å². The SMILES string of the molecule is Cc1cccc2c1nc1cc(N)c3ccccc3n12. The maximum Gasteiger partial charge on any atom is 0.140 e. The number of aryl methyl sites for hydroxylation is 1. The molecule has 2 aromatic carbocycles. The molecular formula is C16H13N3. The van der Waals surface area contributed by atoms with Crippen LogP contribution in [0.25, 0.3) is 27.6 Å². The number of hydrogen-bond acceptors (Lipinski definition) is 2. The van der Waals surface area contributed by atoms with Gasteiger partial charge >= 0.3 is 0 Å². The van der Waals surface area contributed by atoms with Gasteiger partial charge in [-0.15, -0.1) is 0 Å². The second-order valence-corrected chi connectivity index (χ2v) is 4.86. The van der Waals surface area contributed by atoms with Crippen molar-refractivity contribution in [2.45, 2.75) is 6.92 Å². The lowest BCUT2D eigenvalue weighted by atomic mass is 10.2. The molecule has 19 heavy (non-hydrogen) atoms. The highest BCUT2D eigenvalue weighted by Gasteiger charge is 2.10. The first-order valence-corrected chi connectivity index (χ1v) is 6.31. The van der Waals surface area contributed by atoms with Gasteiger partial charge in [-0.25, -0.2) is 4.98 Å². The molecule has 92 valence electrons. The van der Waals surface area contributed by atoms with Crippen LogP contribution >= 0.6 is 0 Å². The summed E-state index contributed by atoms with van der Waals surface area (Å²) in [6, 6.07) is 16.4. The van der Waals surface area contributed by atoms with Crippen molar-refractivity contribution in [3.05, 3.63) is 54.1 Å². The molecule has 0 aliphatic carbocycles. The van der Waals surface area contributed by atoms with Crippen LogP contribution in [-0.2, 0) is 0 Å². The van der Waals surface area contributed by atoms with E-state index < -0.39 is 0 Å². The van der Waals surface area contributed by atoms with Crippen LogP contribution in [0.4, 0.5) is 5.69 Å². The highest BCUT2D eigenvalue weighted by Crippen LogP contribution is 2.28. The van der Waals surface area contributed by atoms with E-state index in [0.29, 0.717) is 0 Å². The van der Waals surface area contributed by atoms with E-state index in [1.807, 2.05) is 24.3 Å². The molecule has 4 aromatic rings. The summed E-state index contributed by atoms with van der Waals surface area (Å²) in [5, 5.41) is 1.07. The van der Waals surface area contributed by atoms with E-state index in [9.17, 15) is 0 Å². The Morgan fingerprint density at radius 3 is 2.68 bits per heavy atom. The molecule has 3 nitrogen and oxygen atoms in total. The number of anilines is 1. The van der Waals surface area contributed by atoms with Crippen LogP contribution in [0.15, 0.2) is 48.5 Å². The largest absolute Gasteiger partial charge is 0.398 e. The first kappa shape index (κ1) is 10.4. The molecule has 0 aliphatic rings. The molecule has 2 aromatic heterocycles. The van der Waals surface area contributed by atoms with Gasteiger partial charge in [-0.3, -0.25) is 4.40 Å². The van der Waals surface area contributed by atoms with Gasteiger partial charge < -0.3 is 5.73 Å². The van der Waals surface area contributed by atoms with Crippen molar-refractivity contribution in [1.82, 2.24) is 9.38 Å². The van der Waals surface area contributed by atoms with Gasteiger partial charge in [-0.1, -0.05) is 30.3 Å². The molecule has 0 amide bonds. The molecule has 0 atom stereocenters. The number of aromatic nitrogens is 2. The summed E-state index contributed by atoms with van der Waals surface area (Å²) in [4.78, 5) is 4.71. The Hall–Kier alpha value is -2.55. The van der Waals surface area contributed by atoms with Crippen LogP contribution in [0.3, 0.4) is 0 Å². The van der Waals surface area contributed by atoms with E-state index in [0.717, 1.165) is 33.3 Å². The molecule has 0 aliphatic heterocycles. The first-order chi connectivity index (χ1) is 9.25. The average Bonchev–Trinajstić information content (AvgIpc) is 2.79. The average molecular weight is 247 g/mol. The predicted molar refractivity (Wildman–Crippen MR) is 79.4 cm³/mol. The molecule has 0 fully saturated rings. The molecule has 2 N–H and O–H groups in total. The maximum absolute atomic E-state index is 6.13. The Labute approximate surface area is 110 Å². The van der Waals surface area contributed by atoms with Gasteiger partial charge in [0.1, 0.15) is 5.65 Å². The lowest BCUT2D eigenvalue weighted by molar-refractivity contribution is 1.30. The summed E-state index contributed by atoms with van der Waals surface area (Å²) >= 11 is 0. The minimum Gasteiger partial charge on any atom is -0.398 e. The Morgan fingerprint density at radius 2 is 1.79 bits per heavy atom. The second-order valence-electron chi connectivity index (χ2n) is 4.86. The zero-order chi connectivity index (χ0) is 13.0. The third-order valence-electron chi connectivity index (χ3n) is 3.65. The third kappa shape index (κ3) is 1.30. The van der Waals surface area contributed by atoms with Crippen LogP contribution in [0.5, 0.6) is 0 Å². The number of pyridine rings is 1. The van der Waals surface area contributed by atoms with E-state index in [-0.39, 0.29) is 0 Å². The number of para-hydroxylation sites is 2. The van der Waals surface area contributed by atoms with Gasteiger partial charge in [-0.05, 0) is 24.6 Å². The highest BCUT2D eigenvalue weighted by molar-refractivity contribution is 5.97. The summed E-state index contributed by atoms with van der Waals surface area (Å²) in [6.45, 7) is 2.08. The fourth-order valence-corrected chi connectivity index (χ4v) is 2.74. The quantitative estimate of drug-likeness (QED) is 0.516. The standard InChI is InChI=1S/C16H13N3/c1-10-5-4-8-14-16(10)18-15-9-12(17)11-6-2-3-7-13(11)19(14)15/h2-9H,17H2,1H3. The lowest BCUT2D eigenvalue weighted by Gasteiger charge is -2.06. The number of nitrogens with two attached hydrogens (primary N) is 1. The van der Waals surface area contributed by atoms with Crippen LogP contribution in [-0.4, -0.2) is 9.38 Å². The van der Waals surface area contributed by atoms with Crippen molar-refractivity contribution >= 4 is 33.3 Å². The molecule has 0 spiro atoms. The van der Waals surface area contributed by atoms with Gasteiger partial charge in [0.2, 0.25) is 0 Å². The summed E-state index contributed by atoms with van der Waals surface area (Å²) in [5.41, 5.74) is 12.3. The van der Waals surface area contributed by atoms with Crippen LogP contribution < -0.4 is 5.73 Å². The number of rotatable bonds is 0. The molecule has 4 rings (SSSR count). The Balaban J connectivity index is 2.38. The van der Waals surface area contributed by atoms with E-state index in [2.05, 4.69) is 35.6 Å². The molecule has 0 saturated carbocycles. The van der Waals surface area contributed by atoms with E-state index >= 15 is 0 Å². The van der Waals surface area contributed by atoms with Gasteiger partial charge in [0.25, 0.3) is 0 Å². The summed E-state index contributed by atoms with van der Waals surface area (Å²) in [6.07, 6.45) is 0. The lowest BCUT2D eigenvalue weighted by Crippen LogP contribution is -1.93. The van der Waals surface area contributed by atoms with Crippen LogP contribution in [0.1, 0.15) is 5.56 Å². The van der Waals surface area contributed by atoms with Gasteiger partial charge in [0.15, 0.2) is 0 Å². The third-order valence-corrected chi connectivity index (χ3v) is 3.65. The number of imidazole rings is 1. The van der Waals surface area contributed by atoms with Crippen molar-refractivity contribution in [2.75, 3.05) is 5.73 Å². The Bertz CT molecular complexity index is 935. The van der Waals surface area contributed by atoms with E-state index in [4.69, 9.17) is 10.7 Å². The molecule has 2 heterocycles. The number of nitrogens with zero attached hydrogens (tertiary/aromatic N) is 2.